The highest BCUT2D eigenvalue weighted by atomic mass is 79.9. The van der Waals surface area contributed by atoms with E-state index in [-0.39, 0.29) is 17.7 Å². The Morgan fingerprint density at radius 2 is 1.92 bits per heavy atom. The van der Waals surface area contributed by atoms with Crippen molar-refractivity contribution in [2.45, 2.75) is 12.8 Å². The first-order valence-electron chi connectivity index (χ1n) is 8.09. The Kier molecular flexibility index (Phi) is 7.05. The standard InChI is InChI=1S/C17H24BrN3O3/c1-20(10-11-24-15-4-2-14(18)3-5-15)16(22)12-21-8-6-13(7-9-21)17(19)23/h2-5,13H,6-12H2,1H3,(H2,19,23). The Hall–Kier alpha value is -1.60. The fourth-order valence-corrected chi connectivity index (χ4v) is 2.91. The molecule has 1 heterocycles. The first-order valence-corrected chi connectivity index (χ1v) is 8.89. The average Bonchev–Trinajstić information content (AvgIpc) is 2.57. The van der Waals surface area contributed by atoms with Crippen LogP contribution in [0.15, 0.2) is 28.7 Å². The number of likely N-dealkylation sites (tertiary alicyclic amines) is 1. The van der Waals surface area contributed by atoms with Gasteiger partial charge in [-0.3, -0.25) is 14.5 Å². The highest BCUT2D eigenvalue weighted by Gasteiger charge is 2.24. The zero-order valence-corrected chi connectivity index (χ0v) is 15.5. The summed E-state index contributed by atoms with van der Waals surface area (Å²) >= 11 is 3.38. The summed E-state index contributed by atoms with van der Waals surface area (Å²) in [4.78, 5) is 27.2. The molecule has 7 heteroatoms. The highest BCUT2D eigenvalue weighted by molar-refractivity contribution is 9.10. The summed E-state index contributed by atoms with van der Waals surface area (Å²) in [5, 5.41) is 0. The Labute approximate surface area is 151 Å². The lowest BCUT2D eigenvalue weighted by Gasteiger charge is -2.31. The molecule has 1 aliphatic rings. The largest absolute Gasteiger partial charge is 0.492 e. The number of carbonyl (C=O) groups is 2. The first kappa shape index (κ1) is 18.7. The summed E-state index contributed by atoms with van der Waals surface area (Å²) in [5.41, 5.74) is 5.32. The van der Waals surface area contributed by atoms with E-state index in [1.807, 2.05) is 24.3 Å². The van der Waals surface area contributed by atoms with Gasteiger partial charge < -0.3 is 15.4 Å². The van der Waals surface area contributed by atoms with Crippen LogP contribution in [0.3, 0.4) is 0 Å². The van der Waals surface area contributed by atoms with E-state index in [0.717, 1.165) is 36.2 Å². The minimum absolute atomic E-state index is 0.0478. The molecule has 132 valence electrons. The van der Waals surface area contributed by atoms with E-state index in [1.165, 1.54) is 0 Å². The van der Waals surface area contributed by atoms with Crippen molar-refractivity contribution >= 4 is 27.7 Å². The topological polar surface area (TPSA) is 75.9 Å². The van der Waals surface area contributed by atoms with E-state index >= 15 is 0 Å². The third kappa shape index (κ3) is 5.79. The number of carbonyl (C=O) groups excluding carboxylic acids is 2. The SMILES string of the molecule is CN(CCOc1ccc(Br)cc1)C(=O)CN1CCC(C(N)=O)CC1. The molecular weight excluding hydrogens is 374 g/mol. The Bertz CT molecular complexity index is 557. The van der Waals surface area contributed by atoms with Gasteiger partial charge in [-0.25, -0.2) is 0 Å². The lowest BCUT2D eigenvalue weighted by molar-refractivity contribution is -0.132. The van der Waals surface area contributed by atoms with Crippen molar-refractivity contribution < 1.29 is 14.3 Å². The van der Waals surface area contributed by atoms with Crippen molar-refractivity contribution in [2.75, 3.05) is 39.8 Å². The normalized spacial score (nSPS) is 15.9. The number of rotatable bonds is 7. The Morgan fingerprint density at radius 1 is 1.29 bits per heavy atom. The third-order valence-corrected chi connectivity index (χ3v) is 4.81. The van der Waals surface area contributed by atoms with Crippen LogP contribution in [0.25, 0.3) is 0 Å². The zero-order chi connectivity index (χ0) is 17.5. The van der Waals surface area contributed by atoms with Crippen LogP contribution in [0, 0.1) is 5.92 Å². The van der Waals surface area contributed by atoms with Crippen molar-refractivity contribution in [3.8, 4) is 5.75 Å². The molecule has 2 rings (SSSR count). The molecule has 0 spiro atoms. The molecule has 0 atom stereocenters. The maximum atomic E-state index is 12.2. The number of likely N-dealkylation sites (N-methyl/N-ethyl adjacent to an activating group) is 1. The molecular formula is C17H24BrN3O3. The van der Waals surface area contributed by atoms with Crippen LogP contribution in [0.2, 0.25) is 0 Å². The van der Waals surface area contributed by atoms with Gasteiger partial charge in [0.05, 0.1) is 13.1 Å². The molecule has 2 N–H and O–H groups in total. The van der Waals surface area contributed by atoms with Crippen LogP contribution >= 0.6 is 15.9 Å². The highest BCUT2D eigenvalue weighted by Crippen LogP contribution is 2.17. The van der Waals surface area contributed by atoms with E-state index in [2.05, 4.69) is 20.8 Å². The van der Waals surface area contributed by atoms with Crippen LogP contribution in [0.5, 0.6) is 5.75 Å². The molecule has 0 aliphatic carbocycles. The molecule has 0 radical (unpaired) electrons. The summed E-state index contributed by atoms with van der Waals surface area (Å²) in [6.07, 6.45) is 1.47. The maximum absolute atomic E-state index is 12.2. The van der Waals surface area contributed by atoms with Crippen LogP contribution in [-0.4, -0.2) is 61.4 Å². The van der Waals surface area contributed by atoms with Gasteiger partial charge in [-0.15, -0.1) is 0 Å². The molecule has 1 aliphatic heterocycles. The molecule has 1 aromatic rings. The van der Waals surface area contributed by atoms with Crippen LogP contribution in [0.1, 0.15) is 12.8 Å². The van der Waals surface area contributed by atoms with E-state index in [4.69, 9.17) is 10.5 Å². The monoisotopic (exact) mass is 397 g/mol. The molecule has 2 amide bonds. The minimum atomic E-state index is -0.233. The number of hydrogen-bond donors (Lipinski definition) is 1. The average molecular weight is 398 g/mol. The predicted molar refractivity (Wildman–Crippen MR) is 95.6 cm³/mol. The smallest absolute Gasteiger partial charge is 0.236 e. The van der Waals surface area contributed by atoms with Gasteiger partial charge in [-0.1, -0.05) is 15.9 Å². The van der Waals surface area contributed by atoms with Gasteiger partial charge in [0.15, 0.2) is 0 Å². The van der Waals surface area contributed by atoms with E-state index in [1.54, 1.807) is 11.9 Å². The van der Waals surface area contributed by atoms with Gasteiger partial charge in [0.1, 0.15) is 12.4 Å². The number of piperidine rings is 1. The summed E-state index contributed by atoms with van der Waals surface area (Å²) in [6, 6.07) is 7.60. The van der Waals surface area contributed by atoms with Gasteiger partial charge in [0, 0.05) is 17.4 Å². The van der Waals surface area contributed by atoms with Crippen molar-refractivity contribution in [1.82, 2.24) is 9.80 Å². The molecule has 0 bridgehead atoms. The molecule has 24 heavy (non-hydrogen) atoms. The quantitative estimate of drug-likeness (QED) is 0.755. The van der Waals surface area contributed by atoms with Crippen molar-refractivity contribution in [3.05, 3.63) is 28.7 Å². The molecule has 0 aromatic heterocycles. The second-order valence-corrected chi connectivity index (χ2v) is 6.99. The van der Waals surface area contributed by atoms with Crippen molar-refractivity contribution in [3.63, 3.8) is 0 Å². The molecule has 0 saturated carbocycles. The minimum Gasteiger partial charge on any atom is -0.492 e. The lowest BCUT2D eigenvalue weighted by Crippen LogP contribution is -2.44. The fourth-order valence-electron chi connectivity index (χ4n) is 2.64. The number of ether oxygens (including phenoxy) is 1. The summed E-state index contributed by atoms with van der Waals surface area (Å²) in [6.45, 7) is 2.84. The fraction of sp³-hybridized carbons (Fsp3) is 0.529. The molecule has 6 nitrogen and oxygen atoms in total. The number of nitrogens with zero attached hydrogens (tertiary/aromatic N) is 2. The van der Waals surface area contributed by atoms with Crippen molar-refractivity contribution in [2.24, 2.45) is 11.7 Å². The lowest BCUT2D eigenvalue weighted by atomic mass is 9.96. The summed E-state index contributed by atoms with van der Waals surface area (Å²) in [5.74, 6) is 0.566. The van der Waals surface area contributed by atoms with Gasteiger partial charge in [-0.2, -0.15) is 0 Å². The maximum Gasteiger partial charge on any atom is 0.236 e. The van der Waals surface area contributed by atoms with Crippen LogP contribution in [-0.2, 0) is 9.59 Å². The number of primary amides is 1. The van der Waals surface area contributed by atoms with Crippen LogP contribution in [0.4, 0.5) is 0 Å². The van der Waals surface area contributed by atoms with Gasteiger partial charge in [0.2, 0.25) is 11.8 Å². The second kappa shape index (κ2) is 9.03. The summed E-state index contributed by atoms with van der Waals surface area (Å²) in [7, 11) is 1.78. The number of amides is 2. The predicted octanol–water partition coefficient (Wildman–Crippen LogP) is 1.48. The first-order chi connectivity index (χ1) is 11.5. The molecule has 1 fully saturated rings. The number of benzene rings is 1. The number of hydrogen-bond acceptors (Lipinski definition) is 4. The molecule has 0 unspecified atom stereocenters. The Balaban J connectivity index is 1.67. The van der Waals surface area contributed by atoms with E-state index in [9.17, 15) is 9.59 Å². The van der Waals surface area contributed by atoms with Gasteiger partial charge in [-0.05, 0) is 50.2 Å². The number of halogens is 1. The van der Waals surface area contributed by atoms with E-state index < -0.39 is 0 Å². The van der Waals surface area contributed by atoms with Crippen LogP contribution < -0.4 is 10.5 Å². The molecule has 1 aromatic carbocycles. The summed E-state index contributed by atoms with van der Waals surface area (Å²) < 4.78 is 6.63. The zero-order valence-electron chi connectivity index (χ0n) is 13.9. The second-order valence-electron chi connectivity index (χ2n) is 6.07. The van der Waals surface area contributed by atoms with Gasteiger partial charge >= 0.3 is 0 Å². The van der Waals surface area contributed by atoms with Gasteiger partial charge in [0.25, 0.3) is 0 Å². The van der Waals surface area contributed by atoms with E-state index in [0.29, 0.717) is 19.7 Å². The molecule has 1 saturated heterocycles. The van der Waals surface area contributed by atoms with Crippen molar-refractivity contribution in [1.29, 1.82) is 0 Å². The Morgan fingerprint density at radius 3 is 2.50 bits per heavy atom. The number of nitrogens with two attached hydrogens (primary N) is 1. The third-order valence-electron chi connectivity index (χ3n) is 4.28.